The zero-order chi connectivity index (χ0) is 28.1. The highest BCUT2D eigenvalue weighted by atomic mass is 35.5. The second kappa shape index (κ2) is 9.91. The number of halogens is 3. The second-order valence-electron chi connectivity index (χ2n) is 9.68. The van der Waals surface area contributed by atoms with Crippen molar-refractivity contribution < 1.29 is 17.5 Å². The molecule has 0 saturated carbocycles. The number of hydrogen-bond acceptors (Lipinski definition) is 8. The molecule has 2 N–H and O–H groups in total. The van der Waals surface area contributed by atoms with E-state index in [9.17, 15) is 18.1 Å². The van der Waals surface area contributed by atoms with Crippen molar-refractivity contribution in [3.8, 4) is 23.1 Å². The normalized spacial score (nSPS) is 15.6. The van der Waals surface area contributed by atoms with Crippen LogP contribution < -0.4 is 14.4 Å². The number of rotatable bonds is 7. The van der Waals surface area contributed by atoms with Gasteiger partial charge in [0.15, 0.2) is 11.6 Å². The summed E-state index contributed by atoms with van der Waals surface area (Å²) in [5.41, 5.74) is 1.53. The maximum Gasteiger partial charge on any atom is 0.209 e. The molecular weight excluding hydrogens is 568 g/mol. The van der Waals surface area contributed by atoms with Crippen LogP contribution in [-0.2, 0) is 10.0 Å². The van der Waals surface area contributed by atoms with Crippen LogP contribution in [0.25, 0.3) is 22.2 Å². The number of anilines is 1. The molecule has 1 aliphatic rings. The highest BCUT2D eigenvalue weighted by Gasteiger charge is 2.42. The molecule has 14 heteroatoms. The van der Waals surface area contributed by atoms with Gasteiger partial charge >= 0.3 is 0 Å². The molecule has 0 radical (unpaired) electrons. The third-order valence-electron chi connectivity index (χ3n) is 6.29. The van der Waals surface area contributed by atoms with Gasteiger partial charge < -0.3 is 9.64 Å². The lowest BCUT2D eigenvalue weighted by atomic mass is 9.93. The fraction of sp³-hybridized carbons (Fsp3) is 0.280. The summed E-state index contributed by atoms with van der Waals surface area (Å²) in [6, 6.07) is 6.57. The van der Waals surface area contributed by atoms with E-state index in [-0.39, 0.29) is 5.75 Å². The van der Waals surface area contributed by atoms with E-state index in [0.717, 1.165) is 6.26 Å². The maximum atomic E-state index is 14.9. The highest BCUT2D eigenvalue weighted by molar-refractivity contribution is 7.88. The standard InChI is InChI=1S/C25H22Cl2FN7O3S/c1-13(22-17(26)9-30-10-18(22)27)38-21-5-16-20(6-19(21)28)32-33-23(16)15-4-14(7-29)24(31-8-15)35-11-25(2,12-35)34-39(3,36)37/h4-6,8-10,13,34H,11-12H2,1-3H3,(H,32,33)/t13-/m1/s1. The highest BCUT2D eigenvalue weighted by Crippen LogP contribution is 2.37. The molecule has 0 bridgehead atoms. The quantitative estimate of drug-likeness (QED) is 0.319. The summed E-state index contributed by atoms with van der Waals surface area (Å²) >= 11 is 12.5. The number of hydrogen-bond donors (Lipinski definition) is 2. The molecule has 1 saturated heterocycles. The smallest absolute Gasteiger partial charge is 0.209 e. The molecule has 39 heavy (non-hydrogen) atoms. The van der Waals surface area contributed by atoms with Crippen molar-refractivity contribution in [2.45, 2.75) is 25.5 Å². The molecule has 4 heterocycles. The molecule has 0 spiro atoms. The number of benzene rings is 1. The van der Waals surface area contributed by atoms with Crippen molar-refractivity contribution in [2.24, 2.45) is 0 Å². The zero-order valence-corrected chi connectivity index (χ0v) is 23.3. The van der Waals surface area contributed by atoms with Gasteiger partial charge in [0.25, 0.3) is 0 Å². The molecule has 202 valence electrons. The fourth-order valence-electron chi connectivity index (χ4n) is 4.77. The van der Waals surface area contributed by atoms with Gasteiger partial charge in [-0.15, -0.1) is 0 Å². The lowest BCUT2D eigenvalue weighted by Gasteiger charge is -2.48. The van der Waals surface area contributed by atoms with E-state index in [4.69, 9.17) is 27.9 Å². The molecule has 1 atom stereocenters. The number of H-pyrrole nitrogens is 1. The Bertz CT molecular complexity index is 1730. The minimum Gasteiger partial charge on any atom is -0.483 e. The number of aromatic nitrogens is 4. The Morgan fingerprint density at radius 2 is 1.92 bits per heavy atom. The van der Waals surface area contributed by atoms with Gasteiger partial charge in [0.1, 0.15) is 23.7 Å². The molecular formula is C25H22Cl2FN7O3S. The van der Waals surface area contributed by atoms with Gasteiger partial charge in [-0.3, -0.25) is 10.1 Å². The molecule has 1 fully saturated rings. The lowest BCUT2D eigenvalue weighted by molar-refractivity contribution is 0.217. The molecule has 5 rings (SSSR count). The van der Waals surface area contributed by atoms with Crippen LogP contribution in [0.1, 0.15) is 31.1 Å². The van der Waals surface area contributed by atoms with E-state index in [1.54, 1.807) is 26.1 Å². The van der Waals surface area contributed by atoms with Gasteiger partial charge in [-0.25, -0.2) is 22.5 Å². The number of nitrogens with one attached hydrogen (secondary N) is 2. The Hall–Kier alpha value is -3.50. The van der Waals surface area contributed by atoms with E-state index >= 15 is 0 Å². The number of fused-ring (bicyclic) bond motifs is 1. The summed E-state index contributed by atoms with van der Waals surface area (Å²) in [4.78, 5) is 10.2. The summed E-state index contributed by atoms with van der Waals surface area (Å²) in [6.45, 7) is 4.20. The van der Waals surface area contributed by atoms with Crippen LogP contribution in [-0.4, -0.2) is 53.5 Å². The van der Waals surface area contributed by atoms with Crippen molar-refractivity contribution in [2.75, 3.05) is 24.2 Å². The largest absolute Gasteiger partial charge is 0.483 e. The minimum absolute atomic E-state index is 0.0371. The summed E-state index contributed by atoms with van der Waals surface area (Å²) < 4.78 is 46.7. The van der Waals surface area contributed by atoms with Gasteiger partial charge in [0.2, 0.25) is 10.0 Å². The van der Waals surface area contributed by atoms with Crippen molar-refractivity contribution >= 4 is 49.9 Å². The van der Waals surface area contributed by atoms with E-state index in [0.29, 0.717) is 62.2 Å². The van der Waals surface area contributed by atoms with Crippen molar-refractivity contribution in [1.29, 1.82) is 5.26 Å². The van der Waals surface area contributed by atoms with Gasteiger partial charge in [-0.1, -0.05) is 23.2 Å². The van der Waals surface area contributed by atoms with Crippen LogP contribution in [0.3, 0.4) is 0 Å². The van der Waals surface area contributed by atoms with Crippen LogP contribution in [0.2, 0.25) is 10.0 Å². The first-order valence-corrected chi connectivity index (χ1v) is 14.3. The van der Waals surface area contributed by atoms with E-state index in [1.807, 2.05) is 4.90 Å². The fourth-order valence-corrected chi connectivity index (χ4v) is 6.46. The molecule has 0 aliphatic carbocycles. The summed E-state index contributed by atoms with van der Waals surface area (Å²) in [5.74, 6) is -0.214. The third-order valence-corrected chi connectivity index (χ3v) is 7.75. The topological polar surface area (TPSA) is 137 Å². The number of nitrogens with zero attached hydrogens (tertiary/aromatic N) is 5. The Kier molecular flexibility index (Phi) is 6.88. The average Bonchev–Trinajstić information content (AvgIpc) is 3.23. The SMILES string of the molecule is C[C@@H](Oc1cc2c(-c3cnc(N4CC(C)(NS(C)(=O)=O)C4)c(C#N)c3)n[nH]c2cc1F)c1c(Cl)cncc1Cl. The average molecular weight is 590 g/mol. The van der Waals surface area contributed by atoms with E-state index in [2.05, 4.69) is 31.0 Å². The van der Waals surface area contributed by atoms with Crippen molar-refractivity contribution in [3.63, 3.8) is 0 Å². The van der Waals surface area contributed by atoms with Crippen LogP contribution in [0.15, 0.2) is 36.8 Å². The second-order valence-corrected chi connectivity index (χ2v) is 12.2. The van der Waals surface area contributed by atoms with Gasteiger partial charge in [0.05, 0.1) is 32.9 Å². The number of nitriles is 1. The monoisotopic (exact) mass is 589 g/mol. The third kappa shape index (κ3) is 5.35. The van der Waals surface area contributed by atoms with E-state index in [1.165, 1.54) is 24.5 Å². The molecule has 4 aromatic rings. The predicted molar refractivity (Wildman–Crippen MR) is 146 cm³/mol. The van der Waals surface area contributed by atoms with Crippen LogP contribution in [0, 0.1) is 17.1 Å². The number of ether oxygens (including phenoxy) is 1. The summed E-state index contributed by atoms with van der Waals surface area (Å²) in [6.07, 6.45) is 4.86. The van der Waals surface area contributed by atoms with E-state index < -0.39 is 27.5 Å². The Balaban J connectivity index is 1.44. The minimum atomic E-state index is -3.38. The van der Waals surface area contributed by atoms with Crippen molar-refractivity contribution in [1.82, 2.24) is 24.9 Å². The Morgan fingerprint density at radius 3 is 2.56 bits per heavy atom. The Morgan fingerprint density at radius 1 is 1.23 bits per heavy atom. The van der Waals surface area contributed by atoms with Gasteiger partial charge in [-0.2, -0.15) is 10.4 Å². The van der Waals surface area contributed by atoms with Crippen LogP contribution in [0.4, 0.5) is 10.2 Å². The van der Waals surface area contributed by atoms with Gasteiger partial charge in [-0.05, 0) is 26.0 Å². The molecule has 3 aromatic heterocycles. The van der Waals surface area contributed by atoms with Crippen LogP contribution >= 0.6 is 23.2 Å². The number of aromatic amines is 1. The van der Waals surface area contributed by atoms with Crippen molar-refractivity contribution in [3.05, 3.63) is 63.8 Å². The van der Waals surface area contributed by atoms with Crippen LogP contribution in [0.5, 0.6) is 5.75 Å². The summed E-state index contributed by atoms with van der Waals surface area (Å²) in [7, 11) is -3.38. The van der Waals surface area contributed by atoms with Gasteiger partial charge in [0, 0.05) is 54.3 Å². The zero-order valence-electron chi connectivity index (χ0n) is 21.0. The molecule has 1 aliphatic heterocycles. The molecule has 0 amide bonds. The first-order valence-electron chi connectivity index (χ1n) is 11.6. The Labute approximate surface area is 233 Å². The molecule has 10 nitrogen and oxygen atoms in total. The maximum absolute atomic E-state index is 14.9. The first kappa shape index (κ1) is 27.1. The lowest BCUT2D eigenvalue weighted by Crippen LogP contribution is -2.68. The molecule has 1 aromatic carbocycles. The number of sulfonamides is 1. The number of pyridine rings is 2. The molecule has 0 unspecified atom stereocenters. The first-order chi connectivity index (χ1) is 18.4. The summed E-state index contributed by atoms with van der Waals surface area (Å²) in [5, 5.41) is 18.1. The predicted octanol–water partition coefficient (Wildman–Crippen LogP) is 4.61.